The van der Waals surface area contributed by atoms with Crippen molar-refractivity contribution in [3.8, 4) is 0 Å². The van der Waals surface area contributed by atoms with E-state index in [4.69, 9.17) is 0 Å². The summed E-state index contributed by atoms with van der Waals surface area (Å²) >= 11 is 1.18. The molecule has 2 N–H and O–H groups in total. The fourth-order valence-corrected chi connectivity index (χ4v) is 5.15. The van der Waals surface area contributed by atoms with Gasteiger partial charge in [-0.25, -0.2) is 28.1 Å². The summed E-state index contributed by atoms with van der Waals surface area (Å²) in [6.07, 6.45) is 2.85. The van der Waals surface area contributed by atoms with Crippen LogP contribution in [0.25, 0.3) is 10.9 Å². The maximum Gasteiger partial charge on any atom is 0.264 e. The van der Waals surface area contributed by atoms with Crippen molar-refractivity contribution >= 4 is 50.2 Å². The highest BCUT2D eigenvalue weighted by Gasteiger charge is 2.20. The van der Waals surface area contributed by atoms with E-state index in [1.165, 1.54) is 48.4 Å². The fraction of sp³-hybridized carbons (Fsp3) is 0.174. The molecule has 180 valence electrons. The van der Waals surface area contributed by atoms with E-state index in [2.05, 4.69) is 25.0 Å². The molecule has 0 fully saturated rings. The van der Waals surface area contributed by atoms with E-state index in [0.717, 1.165) is 0 Å². The molecule has 0 bridgehead atoms. The van der Waals surface area contributed by atoms with Crippen molar-refractivity contribution in [3.05, 3.63) is 77.3 Å². The van der Waals surface area contributed by atoms with E-state index in [9.17, 15) is 18.0 Å². The lowest BCUT2D eigenvalue weighted by atomic mass is 10.2. The summed E-state index contributed by atoms with van der Waals surface area (Å²) in [6.45, 7) is 3.98. The Bertz CT molecular complexity index is 1520. The quantitative estimate of drug-likeness (QED) is 0.273. The molecule has 0 aliphatic rings. The van der Waals surface area contributed by atoms with Crippen molar-refractivity contribution in [1.29, 1.82) is 0 Å². The average molecular weight is 511 g/mol. The van der Waals surface area contributed by atoms with Crippen LogP contribution in [0.3, 0.4) is 0 Å². The Hall–Kier alpha value is -3.77. The Morgan fingerprint density at radius 3 is 2.43 bits per heavy atom. The van der Waals surface area contributed by atoms with Gasteiger partial charge in [0.2, 0.25) is 11.9 Å². The van der Waals surface area contributed by atoms with Crippen molar-refractivity contribution in [2.75, 3.05) is 10.0 Å². The second kappa shape index (κ2) is 10.2. The maximum absolute atomic E-state index is 12.8. The van der Waals surface area contributed by atoms with Gasteiger partial charge in [0.05, 0.1) is 21.0 Å². The number of nitrogens with one attached hydrogen (secondary N) is 2. The lowest BCUT2D eigenvalue weighted by Crippen LogP contribution is -2.26. The molecule has 4 rings (SSSR count). The molecule has 0 saturated carbocycles. The van der Waals surface area contributed by atoms with E-state index in [1.807, 2.05) is 13.0 Å². The van der Waals surface area contributed by atoms with Gasteiger partial charge in [0.25, 0.3) is 15.6 Å². The number of para-hydroxylation sites is 1. The van der Waals surface area contributed by atoms with Crippen LogP contribution in [0.15, 0.2) is 81.8 Å². The largest absolute Gasteiger partial charge is 0.325 e. The molecule has 1 unspecified atom stereocenters. The summed E-state index contributed by atoms with van der Waals surface area (Å²) in [6, 6.07) is 14.4. The van der Waals surface area contributed by atoms with Gasteiger partial charge in [-0.2, -0.15) is 0 Å². The number of sulfonamides is 1. The lowest BCUT2D eigenvalue weighted by molar-refractivity contribution is -0.115. The monoisotopic (exact) mass is 510 g/mol. The van der Waals surface area contributed by atoms with E-state index in [0.29, 0.717) is 28.3 Å². The SMILES string of the molecule is CCn1c(SC(C)C(=O)Nc2ccc(S(=O)(=O)Nc3ncccn3)cc2)nc2ccccc2c1=O. The minimum absolute atomic E-state index is 0.00213. The first kappa shape index (κ1) is 24.4. The molecule has 1 atom stereocenters. The first-order valence-electron chi connectivity index (χ1n) is 10.7. The molecular formula is C23H22N6O4S2. The summed E-state index contributed by atoms with van der Waals surface area (Å²) in [5.74, 6) is -0.352. The third-order valence-electron chi connectivity index (χ3n) is 5.02. The summed E-state index contributed by atoms with van der Waals surface area (Å²) in [7, 11) is -3.88. The number of hydrogen-bond donors (Lipinski definition) is 2. The van der Waals surface area contributed by atoms with Gasteiger partial charge in [0, 0.05) is 24.6 Å². The molecule has 2 aromatic carbocycles. The summed E-state index contributed by atoms with van der Waals surface area (Å²) in [5, 5.41) is 3.18. The van der Waals surface area contributed by atoms with Crippen molar-refractivity contribution in [3.63, 3.8) is 0 Å². The minimum atomic E-state index is -3.88. The summed E-state index contributed by atoms with van der Waals surface area (Å²) in [4.78, 5) is 37.9. The number of thioether (sulfide) groups is 1. The number of nitrogens with zero attached hydrogens (tertiary/aromatic N) is 4. The van der Waals surface area contributed by atoms with E-state index in [-0.39, 0.29) is 22.3 Å². The highest BCUT2D eigenvalue weighted by molar-refractivity contribution is 8.00. The molecule has 2 heterocycles. The van der Waals surface area contributed by atoms with Gasteiger partial charge in [0.1, 0.15) is 0 Å². The first-order chi connectivity index (χ1) is 16.8. The average Bonchev–Trinajstić information content (AvgIpc) is 2.85. The van der Waals surface area contributed by atoms with Crippen LogP contribution in [-0.2, 0) is 21.4 Å². The second-order valence-corrected chi connectivity index (χ2v) is 10.4. The van der Waals surface area contributed by atoms with Crippen LogP contribution in [0.4, 0.5) is 11.6 Å². The van der Waals surface area contributed by atoms with Gasteiger partial charge in [-0.15, -0.1) is 0 Å². The molecule has 2 aromatic heterocycles. The molecule has 0 aliphatic carbocycles. The fourth-order valence-electron chi connectivity index (χ4n) is 3.22. The number of fused-ring (bicyclic) bond motifs is 1. The van der Waals surface area contributed by atoms with Crippen LogP contribution in [0, 0.1) is 0 Å². The maximum atomic E-state index is 12.8. The van der Waals surface area contributed by atoms with Crippen molar-refractivity contribution in [1.82, 2.24) is 19.5 Å². The van der Waals surface area contributed by atoms with Gasteiger partial charge in [-0.1, -0.05) is 23.9 Å². The normalized spacial score (nSPS) is 12.3. The number of aromatic nitrogens is 4. The van der Waals surface area contributed by atoms with Crippen LogP contribution >= 0.6 is 11.8 Å². The van der Waals surface area contributed by atoms with Crippen molar-refractivity contribution < 1.29 is 13.2 Å². The number of carbonyl (C=O) groups excluding carboxylic acids is 1. The molecule has 10 nitrogen and oxygen atoms in total. The molecule has 0 saturated heterocycles. The Morgan fingerprint density at radius 2 is 1.74 bits per heavy atom. The second-order valence-electron chi connectivity index (χ2n) is 7.41. The molecule has 0 radical (unpaired) electrons. The topological polar surface area (TPSA) is 136 Å². The molecule has 1 amide bonds. The van der Waals surface area contributed by atoms with Crippen LogP contribution in [-0.4, -0.2) is 39.1 Å². The third-order valence-corrected chi connectivity index (χ3v) is 7.45. The Kier molecular flexibility index (Phi) is 7.12. The Morgan fingerprint density at radius 1 is 1.06 bits per heavy atom. The lowest BCUT2D eigenvalue weighted by Gasteiger charge is -2.15. The number of benzene rings is 2. The molecule has 0 aliphatic heterocycles. The molecule has 35 heavy (non-hydrogen) atoms. The van der Waals surface area contributed by atoms with E-state index < -0.39 is 15.3 Å². The Labute approximate surface area is 205 Å². The number of carbonyl (C=O) groups is 1. The van der Waals surface area contributed by atoms with Crippen LogP contribution in [0.5, 0.6) is 0 Å². The summed E-state index contributed by atoms with van der Waals surface area (Å²) < 4.78 is 28.9. The number of amides is 1. The highest BCUT2D eigenvalue weighted by Crippen LogP contribution is 2.24. The van der Waals surface area contributed by atoms with E-state index in [1.54, 1.807) is 35.8 Å². The Balaban J connectivity index is 1.46. The van der Waals surface area contributed by atoms with Gasteiger partial charge >= 0.3 is 0 Å². The van der Waals surface area contributed by atoms with Crippen LogP contribution in [0.2, 0.25) is 0 Å². The standard InChI is InChI=1S/C23H22N6O4S2/c1-3-29-21(31)18-7-4-5-8-19(18)27-23(29)34-15(2)20(30)26-16-9-11-17(12-10-16)35(32,33)28-22-24-13-6-14-25-22/h4-15H,3H2,1-2H3,(H,26,30)(H,24,25,28). The number of anilines is 2. The highest BCUT2D eigenvalue weighted by atomic mass is 32.2. The number of rotatable bonds is 8. The zero-order valence-corrected chi connectivity index (χ0v) is 20.5. The number of hydrogen-bond acceptors (Lipinski definition) is 8. The van der Waals surface area contributed by atoms with Gasteiger partial charge < -0.3 is 5.32 Å². The van der Waals surface area contributed by atoms with E-state index >= 15 is 0 Å². The zero-order chi connectivity index (χ0) is 25.0. The zero-order valence-electron chi connectivity index (χ0n) is 18.9. The molecular weight excluding hydrogens is 488 g/mol. The third kappa shape index (κ3) is 5.49. The predicted octanol–water partition coefficient (Wildman–Crippen LogP) is 3.13. The predicted molar refractivity (Wildman–Crippen MR) is 135 cm³/mol. The first-order valence-corrected chi connectivity index (χ1v) is 13.0. The molecule has 4 aromatic rings. The molecule has 0 spiro atoms. The van der Waals surface area contributed by atoms with Crippen molar-refractivity contribution in [2.24, 2.45) is 0 Å². The van der Waals surface area contributed by atoms with Gasteiger partial charge in [-0.05, 0) is 56.3 Å². The minimum Gasteiger partial charge on any atom is -0.325 e. The molecule has 12 heteroatoms. The van der Waals surface area contributed by atoms with Crippen LogP contribution in [0.1, 0.15) is 13.8 Å². The summed E-state index contributed by atoms with van der Waals surface area (Å²) in [5.41, 5.74) is 0.847. The van der Waals surface area contributed by atoms with Crippen LogP contribution < -0.4 is 15.6 Å². The van der Waals surface area contributed by atoms with Gasteiger partial charge in [0.15, 0.2) is 5.16 Å². The van der Waals surface area contributed by atoms with Gasteiger partial charge in [-0.3, -0.25) is 14.2 Å². The van der Waals surface area contributed by atoms with Crippen molar-refractivity contribution in [2.45, 2.75) is 35.7 Å². The smallest absolute Gasteiger partial charge is 0.264 e.